The fourth-order valence-corrected chi connectivity index (χ4v) is 2.10. The lowest BCUT2D eigenvalue weighted by Crippen LogP contribution is -1.99. The van der Waals surface area contributed by atoms with Crippen LogP contribution in [0.1, 0.15) is 15.9 Å². The standard InChI is InChI=1S/C17H13NO3/c19-17(20)14-3-1-5-15(10-14)21-11-12-6-7-16-13(9-12)4-2-8-18-16/h1-10H,11H2,(H,19,20). The van der Waals surface area contributed by atoms with Crippen LogP contribution in [-0.2, 0) is 6.61 Å². The van der Waals surface area contributed by atoms with Crippen molar-refractivity contribution < 1.29 is 14.6 Å². The average Bonchev–Trinajstić information content (AvgIpc) is 2.53. The number of rotatable bonds is 4. The molecule has 0 atom stereocenters. The third-order valence-electron chi connectivity index (χ3n) is 3.15. The highest BCUT2D eigenvalue weighted by atomic mass is 16.5. The Morgan fingerprint density at radius 1 is 1.10 bits per heavy atom. The summed E-state index contributed by atoms with van der Waals surface area (Å²) >= 11 is 0. The van der Waals surface area contributed by atoms with Gasteiger partial charge in [-0.25, -0.2) is 4.79 Å². The maximum atomic E-state index is 10.9. The summed E-state index contributed by atoms with van der Waals surface area (Å²) in [5, 5.41) is 10.0. The third-order valence-corrected chi connectivity index (χ3v) is 3.15. The van der Waals surface area contributed by atoms with Gasteiger partial charge in [0.15, 0.2) is 0 Å². The maximum absolute atomic E-state index is 10.9. The zero-order valence-electron chi connectivity index (χ0n) is 11.2. The SMILES string of the molecule is O=C(O)c1cccc(OCc2ccc3ncccc3c2)c1. The number of hydrogen-bond acceptors (Lipinski definition) is 3. The maximum Gasteiger partial charge on any atom is 0.335 e. The van der Waals surface area contributed by atoms with Crippen molar-refractivity contribution in [3.05, 3.63) is 71.9 Å². The van der Waals surface area contributed by atoms with Gasteiger partial charge in [-0.15, -0.1) is 0 Å². The Kier molecular flexibility index (Phi) is 3.51. The second-order valence-electron chi connectivity index (χ2n) is 4.65. The van der Waals surface area contributed by atoms with Gasteiger partial charge in [0.1, 0.15) is 12.4 Å². The summed E-state index contributed by atoms with van der Waals surface area (Å²) in [5.41, 5.74) is 2.17. The van der Waals surface area contributed by atoms with Crippen molar-refractivity contribution in [3.63, 3.8) is 0 Å². The Bertz CT molecular complexity index is 799. The lowest BCUT2D eigenvalue weighted by atomic mass is 10.1. The van der Waals surface area contributed by atoms with Crippen LogP contribution in [0.15, 0.2) is 60.8 Å². The number of carboxylic acids is 1. The number of aromatic carboxylic acids is 1. The predicted octanol–water partition coefficient (Wildman–Crippen LogP) is 3.51. The van der Waals surface area contributed by atoms with E-state index in [4.69, 9.17) is 9.84 Å². The smallest absolute Gasteiger partial charge is 0.335 e. The molecule has 0 saturated heterocycles. The Hall–Kier alpha value is -2.88. The summed E-state index contributed by atoms with van der Waals surface area (Å²) in [6, 6.07) is 16.3. The monoisotopic (exact) mass is 279 g/mol. The Labute approximate surface area is 121 Å². The molecule has 4 heteroatoms. The van der Waals surface area contributed by atoms with Crippen molar-refractivity contribution >= 4 is 16.9 Å². The molecule has 104 valence electrons. The molecule has 3 aromatic rings. The Morgan fingerprint density at radius 3 is 2.86 bits per heavy atom. The van der Waals surface area contributed by atoms with Crippen LogP contribution in [0.4, 0.5) is 0 Å². The quantitative estimate of drug-likeness (QED) is 0.794. The molecule has 0 saturated carbocycles. The molecule has 0 aliphatic carbocycles. The molecule has 21 heavy (non-hydrogen) atoms. The minimum absolute atomic E-state index is 0.218. The Balaban J connectivity index is 1.77. The van der Waals surface area contributed by atoms with Gasteiger partial charge in [0.25, 0.3) is 0 Å². The first kappa shape index (κ1) is 13.1. The van der Waals surface area contributed by atoms with E-state index in [-0.39, 0.29) is 5.56 Å². The van der Waals surface area contributed by atoms with Gasteiger partial charge in [-0.2, -0.15) is 0 Å². The molecule has 0 fully saturated rings. The van der Waals surface area contributed by atoms with Crippen LogP contribution in [0.5, 0.6) is 5.75 Å². The van der Waals surface area contributed by atoms with Gasteiger partial charge >= 0.3 is 5.97 Å². The molecule has 1 N–H and O–H groups in total. The number of fused-ring (bicyclic) bond motifs is 1. The zero-order valence-corrected chi connectivity index (χ0v) is 11.2. The van der Waals surface area contributed by atoms with E-state index in [0.29, 0.717) is 12.4 Å². The van der Waals surface area contributed by atoms with E-state index >= 15 is 0 Å². The van der Waals surface area contributed by atoms with Crippen LogP contribution in [0.3, 0.4) is 0 Å². The molecule has 0 aliphatic heterocycles. The molecular weight excluding hydrogens is 266 g/mol. The molecule has 4 nitrogen and oxygen atoms in total. The first-order valence-corrected chi connectivity index (χ1v) is 6.52. The summed E-state index contributed by atoms with van der Waals surface area (Å²) in [4.78, 5) is 15.2. The number of aromatic nitrogens is 1. The molecule has 2 aromatic carbocycles. The van der Waals surface area contributed by atoms with Gasteiger partial charge in [0.2, 0.25) is 0 Å². The molecule has 1 heterocycles. The van der Waals surface area contributed by atoms with Crippen molar-refractivity contribution in [2.75, 3.05) is 0 Å². The van der Waals surface area contributed by atoms with E-state index < -0.39 is 5.97 Å². The van der Waals surface area contributed by atoms with E-state index in [1.165, 1.54) is 12.1 Å². The van der Waals surface area contributed by atoms with Gasteiger partial charge in [-0.1, -0.05) is 18.2 Å². The van der Waals surface area contributed by atoms with Crippen LogP contribution in [-0.4, -0.2) is 16.1 Å². The Morgan fingerprint density at radius 2 is 2.00 bits per heavy atom. The minimum Gasteiger partial charge on any atom is -0.489 e. The fourth-order valence-electron chi connectivity index (χ4n) is 2.10. The number of pyridine rings is 1. The molecule has 1 aromatic heterocycles. The first-order valence-electron chi connectivity index (χ1n) is 6.52. The highest BCUT2D eigenvalue weighted by molar-refractivity contribution is 5.88. The van der Waals surface area contributed by atoms with Gasteiger partial charge in [-0.3, -0.25) is 4.98 Å². The fraction of sp³-hybridized carbons (Fsp3) is 0.0588. The number of carbonyl (C=O) groups is 1. The molecule has 0 aliphatic rings. The van der Waals surface area contributed by atoms with Crippen molar-refractivity contribution in [3.8, 4) is 5.75 Å². The number of hydrogen-bond donors (Lipinski definition) is 1. The second kappa shape index (κ2) is 5.63. The topological polar surface area (TPSA) is 59.4 Å². The van der Waals surface area contributed by atoms with Crippen LogP contribution in [0, 0.1) is 0 Å². The normalized spacial score (nSPS) is 10.5. The van der Waals surface area contributed by atoms with Crippen molar-refractivity contribution in [2.45, 2.75) is 6.61 Å². The highest BCUT2D eigenvalue weighted by Gasteiger charge is 2.04. The van der Waals surface area contributed by atoms with Gasteiger partial charge < -0.3 is 9.84 Å². The minimum atomic E-state index is -0.961. The van der Waals surface area contributed by atoms with Gasteiger partial charge in [0, 0.05) is 11.6 Å². The first-order chi connectivity index (χ1) is 10.2. The summed E-state index contributed by atoms with van der Waals surface area (Å²) in [6.07, 6.45) is 1.76. The highest BCUT2D eigenvalue weighted by Crippen LogP contribution is 2.17. The number of ether oxygens (including phenoxy) is 1. The van der Waals surface area contributed by atoms with Crippen molar-refractivity contribution in [1.29, 1.82) is 0 Å². The molecular formula is C17H13NO3. The summed E-state index contributed by atoms with van der Waals surface area (Å²) < 4.78 is 5.65. The molecule has 0 radical (unpaired) electrons. The van der Waals surface area contributed by atoms with Crippen molar-refractivity contribution in [2.24, 2.45) is 0 Å². The summed E-state index contributed by atoms with van der Waals surface area (Å²) in [6.45, 7) is 0.383. The number of carboxylic acid groups (broad SMARTS) is 1. The van der Waals surface area contributed by atoms with E-state index in [0.717, 1.165) is 16.5 Å². The van der Waals surface area contributed by atoms with E-state index in [9.17, 15) is 4.79 Å². The van der Waals surface area contributed by atoms with Crippen LogP contribution in [0.2, 0.25) is 0 Å². The van der Waals surface area contributed by atoms with Gasteiger partial charge in [0.05, 0.1) is 11.1 Å². The largest absolute Gasteiger partial charge is 0.489 e. The lowest BCUT2D eigenvalue weighted by Gasteiger charge is -2.07. The van der Waals surface area contributed by atoms with Crippen LogP contribution < -0.4 is 4.74 Å². The third kappa shape index (κ3) is 3.00. The summed E-state index contributed by atoms with van der Waals surface area (Å²) in [5.74, 6) is -0.418. The molecule has 0 spiro atoms. The van der Waals surface area contributed by atoms with E-state index in [2.05, 4.69) is 4.98 Å². The molecule has 0 amide bonds. The number of nitrogens with zero attached hydrogens (tertiary/aromatic N) is 1. The molecule has 0 unspecified atom stereocenters. The van der Waals surface area contributed by atoms with E-state index in [1.54, 1.807) is 18.3 Å². The van der Waals surface area contributed by atoms with E-state index in [1.807, 2.05) is 30.3 Å². The molecule has 0 bridgehead atoms. The summed E-state index contributed by atoms with van der Waals surface area (Å²) in [7, 11) is 0. The lowest BCUT2D eigenvalue weighted by molar-refractivity contribution is 0.0696. The molecule has 3 rings (SSSR count). The predicted molar refractivity (Wildman–Crippen MR) is 79.5 cm³/mol. The second-order valence-corrected chi connectivity index (χ2v) is 4.65. The average molecular weight is 279 g/mol. The van der Waals surface area contributed by atoms with Crippen LogP contribution in [0.25, 0.3) is 10.9 Å². The van der Waals surface area contributed by atoms with Crippen LogP contribution >= 0.6 is 0 Å². The van der Waals surface area contributed by atoms with Crippen molar-refractivity contribution in [1.82, 2.24) is 4.98 Å². The zero-order chi connectivity index (χ0) is 14.7. The van der Waals surface area contributed by atoms with Gasteiger partial charge in [-0.05, 0) is 42.0 Å². The number of benzene rings is 2.